The molecule has 12 rings (SSSR count). The van der Waals surface area contributed by atoms with Gasteiger partial charge in [0.1, 0.15) is 28.3 Å². The largest absolute Gasteiger partial charge is 0.448 e. The molecule has 2 amide bonds. The molecule has 408 valence electrons. The Hall–Kier alpha value is -9.54. The van der Waals surface area contributed by atoms with E-state index in [0.29, 0.717) is 16.5 Å². The first kappa shape index (κ1) is 54.1. The van der Waals surface area contributed by atoms with Crippen LogP contribution in [0.15, 0.2) is 271 Å². The Morgan fingerprint density at radius 2 is 1.10 bits per heavy atom. The van der Waals surface area contributed by atoms with Gasteiger partial charge in [0.2, 0.25) is 5.60 Å². The molecule has 2 aliphatic heterocycles. The van der Waals surface area contributed by atoms with Crippen molar-refractivity contribution >= 4 is 69.3 Å². The first-order chi connectivity index (χ1) is 40.8. The minimum absolute atomic E-state index is 0.0806. The molecule has 2 atom stereocenters. The normalized spacial score (nSPS) is 15.4. The molecule has 1 saturated heterocycles. The number of β-lactam (4-membered cyclic amide) rings is 1. The number of carbonyl (C=O) groups excluding carboxylic acids is 3. The number of aryl methyl sites for hydroxylation is 1. The molecular weight excluding hydrogens is 1090 g/mol. The third-order valence-corrected chi connectivity index (χ3v) is 17.6. The lowest BCUT2D eigenvalue weighted by Crippen LogP contribution is -2.71. The van der Waals surface area contributed by atoms with E-state index in [1.54, 1.807) is 5.38 Å². The number of rotatable bonds is 19. The number of thioether (sulfide) groups is 1. The Balaban J connectivity index is 0.941. The third kappa shape index (κ3) is 10.8. The molecule has 0 saturated carbocycles. The highest BCUT2D eigenvalue weighted by molar-refractivity contribution is 8.00. The highest BCUT2D eigenvalue weighted by Crippen LogP contribution is 2.45. The number of oxime groups is 1. The van der Waals surface area contributed by atoms with E-state index >= 15 is 9.59 Å². The van der Waals surface area contributed by atoms with Crippen molar-refractivity contribution in [2.75, 3.05) is 11.1 Å². The van der Waals surface area contributed by atoms with Gasteiger partial charge in [0.15, 0.2) is 16.9 Å². The Labute approximate surface area is 493 Å². The van der Waals surface area contributed by atoms with Crippen molar-refractivity contribution in [1.82, 2.24) is 24.8 Å². The summed E-state index contributed by atoms with van der Waals surface area (Å²) in [6.07, 6.45) is 2.88. The quantitative estimate of drug-likeness (QED) is 0.0264. The first-order valence-corrected chi connectivity index (χ1v) is 29.6. The average Bonchev–Trinajstić information content (AvgIpc) is 2.73. The zero-order valence-electron chi connectivity index (χ0n) is 44.8. The number of aromatic nitrogens is 3. The summed E-state index contributed by atoms with van der Waals surface area (Å²) in [4.78, 5) is 60.0. The maximum Gasteiger partial charge on any atom is 0.356 e. The number of nitrogens with one attached hydrogen (secondary N) is 2. The number of amides is 2. The Morgan fingerprint density at radius 3 is 1.55 bits per heavy atom. The van der Waals surface area contributed by atoms with Crippen LogP contribution >= 0.6 is 34.6 Å². The van der Waals surface area contributed by atoms with Crippen LogP contribution in [0.2, 0.25) is 0 Å². The van der Waals surface area contributed by atoms with Gasteiger partial charge in [-0.15, -0.1) is 28.2 Å². The zero-order valence-corrected chi connectivity index (χ0v) is 47.2. The van der Waals surface area contributed by atoms with E-state index in [1.807, 2.05) is 225 Å². The van der Waals surface area contributed by atoms with E-state index in [1.165, 1.54) is 39.5 Å². The Morgan fingerprint density at radius 1 is 0.639 bits per heavy atom. The van der Waals surface area contributed by atoms with Crippen LogP contribution in [-0.2, 0) is 35.1 Å². The molecule has 4 heterocycles. The summed E-state index contributed by atoms with van der Waals surface area (Å²) >= 11 is 3.96. The standard InChI is InChI=1S/C68H53N7O5S3/c1-46-57(83-74-72-46)43-42-49-44-81-64-59(63(77)75(64)60(49)65(78)79-61(47-26-10-2-11-27-47)48-28-12-3-13-29-48)70-62(76)58(73-80-68(53-36-20-7-21-37-53,54-38-22-8-23-39-54)55-40-24-9-25-41-55)56-45-82-66(69-56)71-67(50-30-14-4-15-31-50,51-32-16-5-17-33-51)52-34-18-6-19-35-52/h2-43,45,59,61,64H,44H2,1H3,(H,69,71)(H,70,76)/b43-42-,73-58-/t59?,64-/m1/s1. The minimum Gasteiger partial charge on any atom is -0.448 e. The number of allylic oxidation sites excluding steroid dienone is 1. The summed E-state index contributed by atoms with van der Waals surface area (Å²) in [6, 6.07) is 77.6. The summed E-state index contributed by atoms with van der Waals surface area (Å²) in [7, 11) is 0. The van der Waals surface area contributed by atoms with Crippen molar-refractivity contribution in [3.05, 3.63) is 326 Å². The molecule has 15 heteroatoms. The predicted octanol–water partition coefficient (Wildman–Crippen LogP) is 13.1. The van der Waals surface area contributed by atoms with E-state index in [0.717, 1.165) is 55.1 Å². The topological polar surface area (TPSA) is 148 Å². The first-order valence-electron chi connectivity index (χ1n) is 26.9. The number of hydrogen-bond acceptors (Lipinski definition) is 13. The van der Waals surface area contributed by atoms with Crippen molar-refractivity contribution in [3.8, 4) is 0 Å². The molecule has 1 fully saturated rings. The molecule has 0 radical (unpaired) electrons. The van der Waals surface area contributed by atoms with E-state index in [-0.39, 0.29) is 17.1 Å². The summed E-state index contributed by atoms with van der Waals surface area (Å²) in [5.41, 5.74) is 5.72. The second-order valence-electron chi connectivity index (χ2n) is 19.7. The number of thiazole rings is 1. The highest BCUT2D eigenvalue weighted by Gasteiger charge is 2.55. The molecule has 1 unspecified atom stereocenters. The lowest BCUT2D eigenvalue weighted by Gasteiger charge is -2.49. The van der Waals surface area contributed by atoms with Crippen LogP contribution in [0.1, 0.15) is 66.9 Å². The number of anilines is 1. The lowest BCUT2D eigenvalue weighted by molar-refractivity contribution is -0.154. The number of ether oxygens (including phenoxy) is 1. The van der Waals surface area contributed by atoms with Crippen molar-refractivity contribution in [3.63, 3.8) is 0 Å². The Bertz CT molecular complexity index is 3730. The van der Waals surface area contributed by atoms with Gasteiger partial charge in [-0.05, 0) is 57.9 Å². The molecule has 0 bridgehead atoms. The number of carbonyl (C=O) groups is 3. The lowest BCUT2D eigenvalue weighted by atomic mass is 9.77. The molecule has 2 N–H and O–H groups in total. The number of nitrogens with zero attached hydrogens (tertiary/aromatic N) is 5. The smallest absolute Gasteiger partial charge is 0.356 e. The van der Waals surface area contributed by atoms with Crippen LogP contribution in [0, 0.1) is 6.92 Å². The molecule has 83 heavy (non-hydrogen) atoms. The van der Waals surface area contributed by atoms with Crippen molar-refractivity contribution in [1.29, 1.82) is 0 Å². The number of hydrogen-bond donors (Lipinski definition) is 2. The van der Waals surface area contributed by atoms with Crippen LogP contribution in [0.3, 0.4) is 0 Å². The second-order valence-corrected chi connectivity index (χ2v) is 22.5. The predicted molar refractivity (Wildman–Crippen MR) is 328 cm³/mol. The van der Waals surface area contributed by atoms with E-state index in [2.05, 4.69) is 56.6 Å². The van der Waals surface area contributed by atoms with Crippen LogP contribution in [-0.4, -0.2) is 60.1 Å². The maximum atomic E-state index is 15.6. The van der Waals surface area contributed by atoms with E-state index < -0.39 is 46.4 Å². The molecule has 0 spiro atoms. The SMILES string of the molecule is Cc1nnsc1/C=C\C1=C(C(=O)OC(c2ccccc2)c2ccccc2)N2C(=O)C(NC(=O)/C(=N\OC(c3ccccc3)(c3ccccc3)c3ccccc3)c3csc(NC(c4ccccc4)(c4ccccc4)c4ccccc4)n3)[C@H]2SC1. The number of esters is 1. The fourth-order valence-electron chi connectivity index (χ4n) is 10.7. The summed E-state index contributed by atoms with van der Waals surface area (Å²) in [6.45, 7) is 1.86. The van der Waals surface area contributed by atoms with Crippen LogP contribution in [0.4, 0.5) is 5.13 Å². The fraction of sp³-hybridized carbons (Fsp3) is 0.103. The van der Waals surface area contributed by atoms with Gasteiger partial charge in [0.05, 0.1) is 10.6 Å². The van der Waals surface area contributed by atoms with Crippen molar-refractivity contribution < 1.29 is 24.0 Å². The second kappa shape index (κ2) is 24.3. The van der Waals surface area contributed by atoms with Gasteiger partial charge in [-0.3, -0.25) is 14.5 Å². The van der Waals surface area contributed by atoms with Crippen molar-refractivity contribution in [2.24, 2.45) is 5.16 Å². The highest BCUT2D eigenvalue weighted by atomic mass is 32.2. The molecule has 12 nitrogen and oxygen atoms in total. The summed E-state index contributed by atoms with van der Waals surface area (Å²) < 4.78 is 10.6. The summed E-state index contributed by atoms with van der Waals surface area (Å²) in [5, 5.41) is 17.5. The van der Waals surface area contributed by atoms with Gasteiger partial charge in [-0.2, -0.15) is 0 Å². The van der Waals surface area contributed by atoms with Crippen molar-refractivity contribution in [2.45, 2.75) is 35.6 Å². The fourth-order valence-corrected chi connectivity index (χ4v) is 13.3. The maximum absolute atomic E-state index is 15.6. The van der Waals surface area contributed by atoms with Gasteiger partial charge < -0.3 is 20.2 Å². The van der Waals surface area contributed by atoms with Crippen LogP contribution in [0.5, 0.6) is 0 Å². The van der Waals surface area contributed by atoms with Crippen LogP contribution < -0.4 is 10.6 Å². The molecule has 0 aliphatic carbocycles. The molecule has 10 aromatic rings. The van der Waals surface area contributed by atoms with Gasteiger partial charge >= 0.3 is 5.97 Å². The molecule has 2 aliphatic rings. The van der Waals surface area contributed by atoms with Gasteiger partial charge in [-0.25, -0.2) is 9.78 Å². The number of fused-ring (bicyclic) bond motifs is 1. The van der Waals surface area contributed by atoms with Gasteiger partial charge in [-0.1, -0.05) is 258 Å². The molecular formula is C68H53N7O5S3. The zero-order chi connectivity index (χ0) is 56.6. The number of benzene rings is 8. The van der Waals surface area contributed by atoms with E-state index in [9.17, 15) is 4.79 Å². The van der Waals surface area contributed by atoms with Crippen LogP contribution in [0.25, 0.3) is 6.08 Å². The van der Waals surface area contributed by atoms with Gasteiger partial charge in [0, 0.05) is 27.8 Å². The van der Waals surface area contributed by atoms with Gasteiger partial charge in [0.25, 0.3) is 11.8 Å². The monoisotopic (exact) mass is 1140 g/mol. The molecule has 8 aromatic carbocycles. The minimum atomic E-state index is -1.38. The third-order valence-electron chi connectivity index (χ3n) is 14.7. The summed E-state index contributed by atoms with van der Waals surface area (Å²) in [5.74, 6) is -1.62. The van der Waals surface area contributed by atoms with E-state index in [4.69, 9.17) is 19.7 Å². The molecule has 2 aromatic heterocycles. The average molecular weight is 1140 g/mol. The Kier molecular flexibility index (Phi) is 15.8.